The van der Waals surface area contributed by atoms with Gasteiger partial charge in [-0.15, -0.1) is 10.2 Å². The predicted molar refractivity (Wildman–Crippen MR) is 106 cm³/mol. The molecule has 11 nitrogen and oxygen atoms in total. The number of carbonyl (C=O) groups excluding carboxylic acids is 1. The van der Waals surface area contributed by atoms with Gasteiger partial charge in [-0.3, -0.25) is 0 Å². The smallest absolute Gasteiger partial charge is 0.338 e. The Hall–Kier alpha value is -3.64. The molecule has 0 amide bonds. The van der Waals surface area contributed by atoms with Gasteiger partial charge < -0.3 is 23.4 Å². The van der Waals surface area contributed by atoms with Gasteiger partial charge >= 0.3 is 5.97 Å². The third-order valence-electron chi connectivity index (χ3n) is 4.12. The Balaban J connectivity index is 1.72. The van der Waals surface area contributed by atoms with Gasteiger partial charge in [0.25, 0.3) is 5.89 Å². The Kier molecular flexibility index (Phi) is 6.42. The first-order valence-corrected chi connectivity index (χ1v) is 10.2. The van der Waals surface area contributed by atoms with Crippen LogP contribution in [0.3, 0.4) is 0 Å². The minimum absolute atomic E-state index is 0.0539. The van der Waals surface area contributed by atoms with E-state index in [0.29, 0.717) is 22.8 Å². The molecule has 164 valence electrons. The lowest BCUT2D eigenvalue weighted by molar-refractivity contribution is 0.0438. The molecule has 0 unspecified atom stereocenters. The van der Waals surface area contributed by atoms with Gasteiger partial charge in [0.05, 0.1) is 31.8 Å². The normalized spacial score (nSPS) is 11.1. The van der Waals surface area contributed by atoms with Crippen LogP contribution in [-0.4, -0.2) is 45.9 Å². The number of hydrogen-bond donors (Lipinski definition) is 1. The molecule has 1 aromatic heterocycles. The van der Waals surface area contributed by atoms with Crippen LogP contribution in [-0.2, 0) is 21.4 Å². The van der Waals surface area contributed by atoms with E-state index in [2.05, 4.69) is 10.2 Å². The van der Waals surface area contributed by atoms with Gasteiger partial charge in [-0.2, -0.15) is 0 Å². The molecule has 2 aromatic carbocycles. The lowest BCUT2D eigenvalue weighted by Gasteiger charge is -2.12. The number of ether oxygens (including phenoxy) is 4. The number of carbonyl (C=O) groups is 1. The van der Waals surface area contributed by atoms with Crippen LogP contribution in [0.4, 0.5) is 0 Å². The van der Waals surface area contributed by atoms with Gasteiger partial charge in [0.2, 0.25) is 21.7 Å². The first-order valence-electron chi connectivity index (χ1n) is 8.69. The summed E-state index contributed by atoms with van der Waals surface area (Å²) in [6.45, 7) is -0.285. The molecule has 0 fully saturated rings. The number of sulfonamides is 1. The third kappa shape index (κ3) is 4.92. The quantitative estimate of drug-likeness (QED) is 0.503. The largest absolute Gasteiger partial charge is 0.493 e. The van der Waals surface area contributed by atoms with E-state index in [-0.39, 0.29) is 28.8 Å². The highest BCUT2D eigenvalue weighted by atomic mass is 32.2. The zero-order valence-corrected chi connectivity index (χ0v) is 17.6. The number of methoxy groups -OCH3 is 3. The number of nitrogens with zero attached hydrogens (tertiary/aromatic N) is 2. The molecule has 31 heavy (non-hydrogen) atoms. The van der Waals surface area contributed by atoms with E-state index < -0.39 is 16.0 Å². The van der Waals surface area contributed by atoms with Crippen LogP contribution >= 0.6 is 0 Å². The lowest BCUT2D eigenvalue weighted by Crippen LogP contribution is -2.12. The fourth-order valence-electron chi connectivity index (χ4n) is 2.62. The fraction of sp³-hybridized carbons (Fsp3) is 0.211. The number of esters is 1. The third-order valence-corrected chi connectivity index (χ3v) is 5.05. The molecule has 0 saturated carbocycles. The van der Waals surface area contributed by atoms with Gasteiger partial charge in [0.1, 0.15) is 0 Å². The number of hydrogen-bond acceptors (Lipinski definition) is 10. The maximum atomic E-state index is 12.2. The summed E-state index contributed by atoms with van der Waals surface area (Å²) >= 11 is 0. The van der Waals surface area contributed by atoms with E-state index in [0.717, 1.165) is 0 Å². The minimum atomic E-state index is -3.85. The summed E-state index contributed by atoms with van der Waals surface area (Å²) in [6.07, 6.45) is 0. The summed E-state index contributed by atoms with van der Waals surface area (Å²) in [7, 11) is 0.601. The van der Waals surface area contributed by atoms with Crippen LogP contribution in [0.15, 0.2) is 45.7 Å². The number of primary sulfonamides is 1. The van der Waals surface area contributed by atoms with E-state index in [9.17, 15) is 13.2 Å². The van der Waals surface area contributed by atoms with Crippen LogP contribution in [0.2, 0.25) is 0 Å². The van der Waals surface area contributed by atoms with Crippen LogP contribution < -0.4 is 19.3 Å². The summed E-state index contributed by atoms with van der Waals surface area (Å²) in [6, 6.07) is 8.27. The van der Waals surface area contributed by atoms with Crippen LogP contribution in [0, 0.1) is 0 Å². The molecule has 3 aromatic rings. The summed E-state index contributed by atoms with van der Waals surface area (Å²) in [5.74, 6) is 0.738. The molecule has 0 aliphatic rings. The zero-order valence-electron chi connectivity index (χ0n) is 16.8. The second-order valence-electron chi connectivity index (χ2n) is 6.06. The number of benzene rings is 2. The monoisotopic (exact) mass is 449 g/mol. The minimum Gasteiger partial charge on any atom is -0.493 e. The van der Waals surface area contributed by atoms with Gasteiger partial charge in [0.15, 0.2) is 18.1 Å². The van der Waals surface area contributed by atoms with E-state index >= 15 is 0 Å². The van der Waals surface area contributed by atoms with Crippen LogP contribution in [0.25, 0.3) is 11.5 Å². The highest BCUT2D eigenvalue weighted by Gasteiger charge is 2.18. The molecule has 0 atom stereocenters. The topological polar surface area (TPSA) is 153 Å². The van der Waals surface area contributed by atoms with Crippen molar-refractivity contribution in [2.75, 3.05) is 21.3 Å². The van der Waals surface area contributed by atoms with Crippen molar-refractivity contribution in [3.05, 3.63) is 47.9 Å². The van der Waals surface area contributed by atoms with Crippen molar-refractivity contribution >= 4 is 16.0 Å². The standard InChI is InChI=1S/C19H19N3O8S/c1-26-14-8-12(9-15(27-2)17(14)28-3)18-22-21-16(30-18)10-29-19(23)11-4-6-13(7-5-11)31(20,24)25/h4-9H,10H2,1-3H3,(H2,20,24,25). The molecule has 2 N–H and O–H groups in total. The Labute approximate surface area is 177 Å². The molecule has 0 aliphatic carbocycles. The summed E-state index contributed by atoms with van der Waals surface area (Å²) in [4.78, 5) is 12.0. The predicted octanol–water partition coefficient (Wildman–Crippen LogP) is 1.77. The Bertz CT molecular complexity index is 1160. The van der Waals surface area contributed by atoms with Gasteiger partial charge in [-0.25, -0.2) is 18.4 Å². The number of nitrogens with two attached hydrogens (primary N) is 1. The molecule has 1 heterocycles. The molecule has 0 aliphatic heterocycles. The zero-order chi connectivity index (χ0) is 22.6. The first-order chi connectivity index (χ1) is 14.8. The van der Waals surface area contributed by atoms with Crippen molar-refractivity contribution < 1.29 is 36.6 Å². The summed E-state index contributed by atoms with van der Waals surface area (Å²) in [5, 5.41) is 12.8. The number of aromatic nitrogens is 2. The van der Waals surface area contributed by atoms with Crippen LogP contribution in [0.1, 0.15) is 16.2 Å². The maximum Gasteiger partial charge on any atom is 0.338 e. The molecule has 0 radical (unpaired) electrons. The SMILES string of the molecule is COc1cc(-c2nnc(COC(=O)c3ccc(S(N)(=O)=O)cc3)o2)cc(OC)c1OC. The number of rotatable bonds is 8. The van der Waals surface area contributed by atoms with E-state index in [1.807, 2.05) is 0 Å². The molecule has 3 rings (SSSR count). The molecule has 0 bridgehead atoms. The average Bonchev–Trinajstić information content (AvgIpc) is 3.25. The van der Waals surface area contributed by atoms with E-state index in [4.69, 9.17) is 28.5 Å². The second kappa shape index (κ2) is 9.02. The highest BCUT2D eigenvalue weighted by Crippen LogP contribution is 2.40. The Morgan fingerprint density at radius 2 is 1.61 bits per heavy atom. The lowest BCUT2D eigenvalue weighted by atomic mass is 10.2. The maximum absolute atomic E-state index is 12.2. The summed E-state index contributed by atoms with van der Waals surface area (Å²) in [5.41, 5.74) is 0.648. The molecular formula is C19H19N3O8S. The molecular weight excluding hydrogens is 430 g/mol. The fourth-order valence-corrected chi connectivity index (χ4v) is 3.14. The molecule has 12 heteroatoms. The molecule has 0 saturated heterocycles. The van der Waals surface area contributed by atoms with Crippen molar-refractivity contribution in [1.29, 1.82) is 0 Å². The van der Waals surface area contributed by atoms with E-state index in [1.54, 1.807) is 12.1 Å². The van der Waals surface area contributed by atoms with Crippen molar-refractivity contribution in [2.45, 2.75) is 11.5 Å². The van der Waals surface area contributed by atoms with Crippen LogP contribution in [0.5, 0.6) is 17.2 Å². The molecule has 0 spiro atoms. The average molecular weight is 449 g/mol. The van der Waals surface area contributed by atoms with Crippen molar-refractivity contribution in [1.82, 2.24) is 10.2 Å². The Morgan fingerprint density at radius 3 is 2.13 bits per heavy atom. The van der Waals surface area contributed by atoms with Crippen molar-refractivity contribution in [3.8, 4) is 28.7 Å². The van der Waals surface area contributed by atoms with Crippen molar-refractivity contribution in [2.24, 2.45) is 5.14 Å². The van der Waals surface area contributed by atoms with Gasteiger partial charge in [-0.1, -0.05) is 0 Å². The van der Waals surface area contributed by atoms with E-state index in [1.165, 1.54) is 45.6 Å². The van der Waals surface area contributed by atoms with Gasteiger partial charge in [0, 0.05) is 5.56 Å². The van der Waals surface area contributed by atoms with Gasteiger partial charge in [-0.05, 0) is 36.4 Å². The van der Waals surface area contributed by atoms with Crippen molar-refractivity contribution in [3.63, 3.8) is 0 Å². The highest BCUT2D eigenvalue weighted by molar-refractivity contribution is 7.89. The second-order valence-corrected chi connectivity index (χ2v) is 7.62. The summed E-state index contributed by atoms with van der Waals surface area (Å²) < 4.78 is 49.1. The first kappa shape index (κ1) is 22.1. The Morgan fingerprint density at radius 1 is 1.00 bits per heavy atom.